The first-order valence-electron chi connectivity index (χ1n) is 6.05. The Hall–Kier alpha value is -1.79. The average molecular weight is 367 g/mol. The van der Waals surface area contributed by atoms with Gasteiger partial charge in [0, 0.05) is 15.6 Å². The van der Waals surface area contributed by atoms with Crippen molar-refractivity contribution in [3.8, 4) is 0 Å². The normalized spacial score (nSPS) is 10.2. The van der Waals surface area contributed by atoms with E-state index in [1.54, 1.807) is 12.1 Å². The Morgan fingerprint density at radius 1 is 1.33 bits per heavy atom. The van der Waals surface area contributed by atoms with Crippen LogP contribution in [0.25, 0.3) is 0 Å². The molecule has 0 saturated carbocycles. The second kappa shape index (κ2) is 6.32. The topological polar surface area (TPSA) is 55.1 Å². The number of nitrogens with two attached hydrogens (primary N) is 1. The monoisotopic (exact) mass is 366 g/mol. The van der Waals surface area contributed by atoms with E-state index in [4.69, 9.17) is 18.0 Å². The molecule has 108 valence electrons. The molecule has 0 aromatic heterocycles. The number of nitrogens with one attached hydrogen (secondary N) is 1. The van der Waals surface area contributed by atoms with Gasteiger partial charge in [-0.25, -0.2) is 4.39 Å². The predicted molar refractivity (Wildman–Crippen MR) is 89.1 cm³/mol. The number of hydrogen-bond donors (Lipinski definition) is 2. The van der Waals surface area contributed by atoms with Gasteiger partial charge >= 0.3 is 0 Å². The molecule has 0 spiro atoms. The van der Waals surface area contributed by atoms with Crippen LogP contribution in [0.5, 0.6) is 0 Å². The van der Waals surface area contributed by atoms with E-state index in [0.29, 0.717) is 15.7 Å². The minimum absolute atomic E-state index is 0.198. The maximum atomic E-state index is 13.3. The van der Waals surface area contributed by atoms with Crippen molar-refractivity contribution in [1.29, 1.82) is 0 Å². The Labute approximate surface area is 135 Å². The van der Waals surface area contributed by atoms with Gasteiger partial charge in [0.2, 0.25) is 0 Å². The Balaban J connectivity index is 2.36. The van der Waals surface area contributed by atoms with Crippen molar-refractivity contribution in [2.75, 3.05) is 5.32 Å². The van der Waals surface area contributed by atoms with Crippen LogP contribution in [0.1, 0.15) is 21.5 Å². The highest BCUT2D eigenvalue weighted by Crippen LogP contribution is 2.21. The van der Waals surface area contributed by atoms with E-state index in [9.17, 15) is 9.18 Å². The lowest BCUT2D eigenvalue weighted by Crippen LogP contribution is -2.18. The SMILES string of the molecule is Cc1cccc(NC(=O)c2cc(F)cc(Br)c2)c1C(N)=S. The van der Waals surface area contributed by atoms with Crippen molar-refractivity contribution in [3.63, 3.8) is 0 Å². The van der Waals surface area contributed by atoms with Crippen LogP contribution in [0, 0.1) is 12.7 Å². The number of rotatable bonds is 3. The van der Waals surface area contributed by atoms with E-state index in [1.807, 2.05) is 13.0 Å². The number of amides is 1. The second-order valence-electron chi connectivity index (χ2n) is 4.47. The summed E-state index contributed by atoms with van der Waals surface area (Å²) < 4.78 is 13.8. The third kappa shape index (κ3) is 3.65. The predicted octanol–water partition coefficient (Wildman–Crippen LogP) is 3.78. The molecule has 0 aliphatic rings. The summed E-state index contributed by atoms with van der Waals surface area (Å²) in [6.45, 7) is 1.85. The molecule has 0 fully saturated rings. The fourth-order valence-corrected chi connectivity index (χ4v) is 2.71. The molecule has 0 heterocycles. The van der Waals surface area contributed by atoms with Gasteiger partial charge in [-0.15, -0.1) is 0 Å². The van der Waals surface area contributed by atoms with Gasteiger partial charge in [-0.2, -0.15) is 0 Å². The van der Waals surface area contributed by atoms with Gasteiger partial charge in [-0.3, -0.25) is 4.79 Å². The molecule has 0 bridgehead atoms. The Morgan fingerprint density at radius 3 is 2.67 bits per heavy atom. The summed E-state index contributed by atoms with van der Waals surface area (Å²) in [5, 5.41) is 2.71. The largest absolute Gasteiger partial charge is 0.389 e. The smallest absolute Gasteiger partial charge is 0.255 e. The first kappa shape index (κ1) is 15.6. The molecular weight excluding hydrogens is 355 g/mol. The summed E-state index contributed by atoms with van der Waals surface area (Å²) >= 11 is 8.16. The van der Waals surface area contributed by atoms with Crippen molar-refractivity contribution in [2.24, 2.45) is 5.73 Å². The zero-order valence-corrected chi connectivity index (χ0v) is 13.5. The molecule has 2 rings (SSSR count). The average Bonchev–Trinajstić information content (AvgIpc) is 2.37. The lowest BCUT2D eigenvalue weighted by atomic mass is 10.1. The van der Waals surface area contributed by atoms with E-state index >= 15 is 0 Å². The number of hydrogen-bond acceptors (Lipinski definition) is 2. The Bertz CT molecular complexity index is 713. The van der Waals surface area contributed by atoms with Crippen LogP contribution in [0.15, 0.2) is 40.9 Å². The van der Waals surface area contributed by atoms with Crippen LogP contribution in [0.3, 0.4) is 0 Å². The van der Waals surface area contributed by atoms with Crippen molar-refractivity contribution in [3.05, 3.63) is 63.4 Å². The van der Waals surface area contributed by atoms with E-state index in [1.165, 1.54) is 12.1 Å². The molecule has 1 amide bonds. The molecule has 0 aliphatic carbocycles. The summed E-state index contributed by atoms with van der Waals surface area (Å²) in [4.78, 5) is 12.4. The zero-order valence-electron chi connectivity index (χ0n) is 11.1. The first-order chi connectivity index (χ1) is 9.88. The van der Waals surface area contributed by atoms with Crippen molar-refractivity contribution >= 4 is 44.7 Å². The van der Waals surface area contributed by atoms with E-state index < -0.39 is 11.7 Å². The summed E-state index contributed by atoms with van der Waals surface area (Å²) in [6.07, 6.45) is 0. The van der Waals surface area contributed by atoms with E-state index in [2.05, 4.69) is 21.2 Å². The fraction of sp³-hybridized carbons (Fsp3) is 0.0667. The molecule has 0 radical (unpaired) electrons. The van der Waals surface area contributed by atoms with Gasteiger partial charge in [-0.05, 0) is 36.8 Å². The first-order valence-corrected chi connectivity index (χ1v) is 7.25. The molecule has 3 N–H and O–H groups in total. The van der Waals surface area contributed by atoms with Gasteiger partial charge in [0.25, 0.3) is 5.91 Å². The number of benzene rings is 2. The third-order valence-corrected chi connectivity index (χ3v) is 3.55. The summed E-state index contributed by atoms with van der Waals surface area (Å²) in [7, 11) is 0. The number of halogens is 2. The van der Waals surface area contributed by atoms with Gasteiger partial charge in [0.05, 0.1) is 5.69 Å². The Morgan fingerprint density at radius 2 is 2.05 bits per heavy atom. The van der Waals surface area contributed by atoms with Gasteiger partial charge in [-0.1, -0.05) is 40.3 Å². The number of carbonyl (C=O) groups excluding carboxylic acids is 1. The van der Waals surface area contributed by atoms with E-state index in [-0.39, 0.29) is 10.6 Å². The number of aryl methyl sites for hydroxylation is 1. The highest BCUT2D eigenvalue weighted by Gasteiger charge is 2.13. The highest BCUT2D eigenvalue weighted by molar-refractivity contribution is 9.10. The number of carbonyl (C=O) groups is 1. The van der Waals surface area contributed by atoms with Crippen molar-refractivity contribution in [1.82, 2.24) is 0 Å². The molecule has 2 aromatic carbocycles. The third-order valence-electron chi connectivity index (χ3n) is 2.89. The minimum atomic E-state index is -0.492. The van der Waals surface area contributed by atoms with Crippen LogP contribution >= 0.6 is 28.1 Å². The molecule has 2 aromatic rings. The van der Waals surface area contributed by atoms with Crippen LogP contribution < -0.4 is 11.1 Å². The molecule has 0 saturated heterocycles. The summed E-state index contributed by atoms with van der Waals surface area (Å²) in [6, 6.07) is 9.32. The molecule has 0 aliphatic heterocycles. The van der Waals surface area contributed by atoms with Gasteiger partial charge in [0.1, 0.15) is 10.8 Å². The molecule has 0 unspecified atom stereocenters. The van der Waals surface area contributed by atoms with Gasteiger partial charge < -0.3 is 11.1 Å². The lowest BCUT2D eigenvalue weighted by Gasteiger charge is -2.12. The molecular formula is C15H12BrFN2OS. The molecule has 3 nitrogen and oxygen atoms in total. The number of anilines is 1. The van der Waals surface area contributed by atoms with Crippen molar-refractivity contribution < 1.29 is 9.18 Å². The summed E-state index contributed by atoms with van der Waals surface area (Å²) in [5.41, 5.74) is 7.87. The van der Waals surface area contributed by atoms with Gasteiger partial charge in [0.15, 0.2) is 0 Å². The zero-order chi connectivity index (χ0) is 15.6. The van der Waals surface area contributed by atoms with Crippen LogP contribution in [-0.2, 0) is 0 Å². The van der Waals surface area contributed by atoms with E-state index in [0.717, 1.165) is 11.6 Å². The molecule has 0 atom stereocenters. The highest BCUT2D eigenvalue weighted by atomic mass is 79.9. The minimum Gasteiger partial charge on any atom is -0.389 e. The van der Waals surface area contributed by atoms with Crippen LogP contribution in [-0.4, -0.2) is 10.9 Å². The molecule has 21 heavy (non-hydrogen) atoms. The van der Waals surface area contributed by atoms with Crippen molar-refractivity contribution in [2.45, 2.75) is 6.92 Å². The lowest BCUT2D eigenvalue weighted by molar-refractivity contribution is 0.102. The standard InChI is InChI=1S/C15H12BrFN2OS/c1-8-3-2-4-12(13(8)14(18)21)19-15(20)9-5-10(16)7-11(17)6-9/h2-7H,1H3,(H2,18,21)(H,19,20). The number of thiocarbonyl (C=S) groups is 1. The maximum Gasteiger partial charge on any atom is 0.255 e. The Kier molecular flexibility index (Phi) is 4.69. The fourth-order valence-electron chi connectivity index (χ4n) is 1.98. The van der Waals surface area contributed by atoms with Crippen LogP contribution in [0.2, 0.25) is 0 Å². The maximum absolute atomic E-state index is 13.3. The van der Waals surface area contributed by atoms with Crippen LogP contribution in [0.4, 0.5) is 10.1 Å². The summed E-state index contributed by atoms with van der Waals surface area (Å²) in [5.74, 6) is -0.924. The quantitative estimate of drug-likeness (QED) is 0.812. The second-order valence-corrected chi connectivity index (χ2v) is 5.83. The molecule has 6 heteroatoms.